The van der Waals surface area contributed by atoms with Gasteiger partial charge in [0.25, 0.3) is 0 Å². The summed E-state index contributed by atoms with van der Waals surface area (Å²) < 4.78 is 0.735. The van der Waals surface area contributed by atoms with Gasteiger partial charge < -0.3 is 5.32 Å². The molecule has 6 heteroatoms. The van der Waals surface area contributed by atoms with Gasteiger partial charge in [-0.3, -0.25) is 4.79 Å². The molecule has 2 heterocycles. The van der Waals surface area contributed by atoms with Gasteiger partial charge in [0.2, 0.25) is 5.91 Å². The Hall–Kier alpha value is -0.910. The Morgan fingerprint density at radius 2 is 2.11 bits per heavy atom. The zero-order valence-electron chi connectivity index (χ0n) is 10.3. The molecule has 1 amide bonds. The predicted molar refractivity (Wildman–Crippen MR) is 78.5 cm³/mol. The van der Waals surface area contributed by atoms with Crippen molar-refractivity contribution < 1.29 is 4.79 Å². The summed E-state index contributed by atoms with van der Waals surface area (Å²) in [6.07, 6.45) is 0. The summed E-state index contributed by atoms with van der Waals surface area (Å²) in [7, 11) is 0. The topological polar surface area (TPSA) is 42.0 Å². The molecule has 2 aromatic rings. The van der Waals surface area contributed by atoms with E-state index in [1.54, 1.807) is 0 Å². The van der Waals surface area contributed by atoms with Crippen LogP contribution in [0.1, 0.15) is 20.8 Å². The Balaban J connectivity index is 2.14. The summed E-state index contributed by atoms with van der Waals surface area (Å²) in [6, 6.07) is 3.77. The van der Waals surface area contributed by atoms with Crippen LogP contribution in [0.4, 0.5) is 5.13 Å². The summed E-state index contributed by atoms with van der Waals surface area (Å²) in [4.78, 5) is 17.2. The molecular formula is C12H13ClN2OS2. The fourth-order valence-electron chi connectivity index (χ4n) is 1.18. The molecule has 96 valence electrons. The zero-order chi connectivity index (χ0) is 13.3. The molecule has 0 aromatic carbocycles. The van der Waals surface area contributed by atoms with Crippen LogP contribution in [0, 0.1) is 5.41 Å². The molecule has 0 aliphatic rings. The number of thiazole rings is 1. The van der Waals surface area contributed by atoms with Crippen molar-refractivity contribution in [2.75, 3.05) is 5.32 Å². The largest absolute Gasteiger partial charge is 0.302 e. The number of hydrogen-bond donors (Lipinski definition) is 1. The monoisotopic (exact) mass is 300 g/mol. The normalized spacial score (nSPS) is 11.6. The van der Waals surface area contributed by atoms with Crippen molar-refractivity contribution in [1.29, 1.82) is 0 Å². The zero-order valence-corrected chi connectivity index (χ0v) is 12.7. The Morgan fingerprint density at radius 1 is 1.39 bits per heavy atom. The van der Waals surface area contributed by atoms with Gasteiger partial charge in [0, 0.05) is 10.8 Å². The van der Waals surface area contributed by atoms with E-state index >= 15 is 0 Å². The van der Waals surface area contributed by atoms with Crippen LogP contribution >= 0.6 is 34.3 Å². The summed E-state index contributed by atoms with van der Waals surface area (Å²) in [5, 5.41) is 5.36. The van der Waals surface area contributed by atoms with Crippen molar-refractivity contribution in [1.82, 2.24) is 4.98 Å². The van der Waals surface area contributed by atoms with E-state index in [0.29, 0.717) is 5.13 Å². The molecular weight excluding hydrogens is 288 g/mol. The van der Waals surface area contributed by atoms with Gasteiger partial charge in [-0.25, -0.2) is 4.98 Å². The summed E-state index contributed by atoms with van der Waals surface area (Å²) in [5.41, 5.74) is 0.430. The fraction of sp³-hybridized carbons (Fsp3) is 0.333. The number of rotatable bonds is 2. The lowest BCUT2D eigenvalue weighted by atomic mass is 9.96. The molecule has 0 spiro atoms. The first-order chi connectivity index (χ1) is 8.36. The van der Waals surface area contributed by atoms with Gasteiger partial charge in [0.05, 0.1) is 14.9 Å². The minimum atomic E-state index is -0.419. The van der Waals surface area contributed by atoms with Crippen molar-refractivity contribution in [3.8, 4) is 10.6 Å². The molecule has 0 atom stereocenters. The van der Waals surface area contributed by atoms with Crippen LogP contribution < -0.4 is 5.32 Å². The molecule has 0 unspecified atom stereocenters. The second kappa shape index (κ2) is 4.99. The van der Waals surface area contributed by atoms with Crippen molar-refractivity contribution in [2.45, 2.75) is 20.8 Å². The van der Waals surface area contributed by atoms with E-state index in [0.717, 1.165) is 14.9 Å². The van der Waals surface area contributed by atoms with Gasteiger partial charge in [-0.2, -0.15) is 0 Å². The van der Waals surface area contributed by atoms with Gasteiger partial charge in [-0.15, -0.1) is 22.7 Å². The highest BCUT2D eigenvalue weighted by Gasteiger charge is 2.22. The molecule has 1 N–H and O–H groups in total. The minimum Gasteiger partial charge on any atom is -0.302 e. The number of anilines is 1. The van der Waals surface area contributed by atoms with E-state index in [9.17, 15) is 4.79 Å². The number of nitrogens with zero attached hydrogens (tertiary/aromatic N) is 1. The number of nitrogens with one attached hydrogen (secondary N) is 1. The van der Waals surface area contributed by atoms with Crippen LogP contribution in [0.25, 0.3) is 10.6 Å². The predicted octanol–water partition coefficient (Wildman–Crippen LogP) is 4.51. The van der Waals surface area contributed by atoms with Crippen molar-refractivity contribution >= 4 is 45.3 Å². The third-order valence-corrected chi connectivity index (χ3v) is 4.24. The quantitative estimate of drug-likeness (QED) is 0.886. The molecule has 0 bridgehead atoms. The lowest BCUT2D eigenvalue weighted by Crippen LogP contribution is -2.27. The Morgan fingerprint density at radius 3 is 2.67 bits per heavy atom. The van der Waals surface area contributed by atoms with Crippen LogP contribution in [0.5, 0.6) is 0 Å². The number of aromatic nitrogens is 1. The number of carbonyl (C=O) groups excluding carboxylic acids is 1. The van der Waals surface area contributed by atoms with Gasteiger partial charge in [0.1, 0.15) is 0 Å². The molecule has 3 nitrogen and oxygen atoms in total. The van der Waals surface area contributed by atoms with Gasteiger partial charge in [-0.05, 0) is 12.1 Å². The number of hydrogen-bond acceptors (Lipinski definition) is 4. The standard InChI is InChI=1S/C12H13ClN2OS2/c1-12(2,3)10(16)15-11-14-7(6-17-11)8-4-5-9(13)18-8/h4-6H,1-3H3,(H,14,15,16). The molecule has 0 aliphatic carbocycles. The molecule has 0 fully saturated rings. The average molecular weight is 301 g/mol. The van der Waals surface area contributed by atoms with E-state index in [-0.39, 0.29) is 5.91 Å². The van der Waals surface area contributed by atoms with Gasteiger partial charge in [-0.1, -0.05) is 32.4 Å². The number of amides is 1. The first-order valence-corrected chi connectivity index (χ1v) is 7.46. The summed E-state index contributed by atoms with van der Waals surface area (Å²) in [5.74, 6) is -0.0346. The van der Waals surface area contributed by atoms with Crippen LogP contribution in [-0.2, 0) is 4.79 Å². The first-order valence-electron chi connectivity index (χ1n) is 5.39. The number of halogens is 1. The first kappa shape index (κ1) is 13.5. The third kappa shape index (κ3) is 3.10. The highest BCUT2D eigenvalue weighted by Crippen LogP contribution is 2.33. The van der Waals surface area contributed by atoms with Crippen molar-refractivity contribution in [2.24, 2.45) is 5.41 Å². The minimum absolute atomic E-state index is 0.0346. The van der Waals surface area contributed by atoms with Crippen LogP contribution in [0.15, 0.2) is 17.5 Å². The van der Waals surface area contributed by atoms with Crippen molar-refractivity contribution in [3.05, 3.63) is 21.8 Å². The Bertz CT molecular complexity index is 569. The van der Waals surface area contributed by atoms with Gasteiger partial charge >= 0.3 is 0 Å². The molecule has 18 heavy (non-hydrogen) atoms. The van der Waals surface area contributed by atoms with Crippen LogP contribution in [0.2, 0.25) is 4.34 Å². The second-order valence-corrected chi connectivity index (χ2v) is 7.42. The van der Waals surface area contributed by atoms with Crippen LogP contribution in [0.3, 0.4) is 0 Å². The van der Waals surface area contributed by atoms with E-state index in [1.807, 2.05) is 38.3 Å². The molecule has 2 rings (SSSR count). The Kier molecular flexibility index (Phi) is 3.75. The van der Waals surface area contributed by atoms with E-state index < -0.39 is 5.41 Å². The SMILES string of the molecule is CC(C)(C)C(=O)Nc1nc(-c2ccc(Cl)s2)cs1. The highest BCUT2D eigenvalue weighted by molar-refractivity contribution is 7.20. The third-order valence-electron chi connectivity index (χ3n) is 2.23. The smallest absolute Gasteiger partial charge is 0.231 e. The Labute approximate surface area is 119 Å². The van der Waals surface area contributed by atoms with E-state index in [4.69, 9.17) is 11.6 Å². The fourth-order valence-corrected chi connectivity index (χ4v) is 2.96. The lowest BCUT2D eigenvalue weighted by molar-refractivity contribution is -0.123. The molecule has 0 radical (unpaired) electrons. The highest BCUT2D eigenvalue weighted by atomic mass is 35.5. The lowest BCUT2D eigenvalue weighted by Gasteiger charge is -2.15. The maximum Gasteiger partial charge on any atom is 0.231 e. The van der Waals surface area contributed by atoms with E-state index in [2.05, 4.69) is 10.3 Å². The number of carbonyl (C=O) groups is 1. The second-order valence-electron chi connectivity index (χ2n) is 4.85. The summed E-state index contributed by atoms with van der Waals surface area (Å²) >= 11 is 8.78. The number of thiophene rings is 1. The molecule has 0 saturated heterocycles. The average Bonchev–Trinajstić information content (AvgIpc) is 2.85. The van der Waals surface area contributed by atoms with Crippen molar-refractivity contribution in [3.63, 3.8) is 0 Å². The molecule has 0 aliphatic heterocycles. The maximum atomic E-state index is 11.8. The molecule has 0 saturated carbocycles. The van der Waals surface area contributed by atoms with E-state index in [1.165, 1.54) is 22.7 Å². The summed E-state index contributed by atoms with van der Waals surface area (Å²) in [6.45, 7) is 5.61. The van der Waals surface area contributed by atoms with Crippen LogP contribution in [-0.4, -0.2) is 10.9 Å². The maximum absolute atomic E-state index is 11.8. The van der Waals surface area contributed by atoms with Gasteiger partial charge in [0.15, 0.2) is 5.13 Å². The molecule has 2 aromatic heterocycles.